The lowest BCUT2D eigenvalue weighted by Crippen LogP contribution is -2.36. The fourth-order valence-corrected chi connectivity index (χ4v) is 2.92. The second-order valence-electron chi connectivity index (χ2n) is 5.76. The van der Waals surface area contributed by atoms with Gasteiger partial charge >= 0.3 is 0 Å². The van der Waals surface area contributed by atoms with Crippen molar-refractivity contribution < 1.29 is 18.9 Å². The molecule has 1 heterocycles. The molecule has 1 aliphatic rings. The van der Waals surface area contributed by atoms with Gasteiger partial charge in [0, 0.05) is 19.2 Å². The van der Waals surface area contributed by atoms with Crippen molar-refractivity contribution in [1.82, 2.24) is 4.90 Å². The van der Waals surface area contributed by atoms with Gasteiger partial charge in [0.05, 0.1) is 33.0 Å². The van der Waals surface area contributed by atoms with Crippen LogP contribution in [-0.2, 0) is 11.2 Å². The summed E-state index contributed by atoms with van der Waals surface area (Å²) in [6, 6.07) is 4.06. The van der Waals surface area contributed by atoms with Crippen molar-refractivity contribution in [3.63, 3.8) is 0 Å². The van der Waals surface area contributed by atoms with Gasteiger partial charge in [0.2, 0.25) is 0 Å². The van der Waals surface area contributed by atoms with Crippen LogP contribution in [0.2, 0.25) is 0 Å². The topological polar surface area (TPSA) is 40.2 Å². The molecule has 136 valence electrons. The SMILES string of the molecule is CCOc1cc(OCC)c(OCC)cc1CCCN1CCOCC1. The molecule has 0 aromatic heterocycles. The molecule has 0 radical (unpaired) electrons. The van der Waals surface area contributed by atoms with Crippen LogP contribution in [0, 0.1) is 0 Å². The first-order chi connectivity index (χ1) is 11.8. The number of benzene rings is 1. The fraction of sp³-hybridized carbons (Fsp3) is 0.684. The van der Waals surface area contributed by atoms with Gasteiger partial charge in [-0.2, -0.15) is 0 Å². The molecule has 5 heteroatoms. The van der Waals surface area contributed by atoms with Gasteiger partial charge in [-0.25, -0.2) is 0 Å². The minimum absolute atomic E-state index is 0.613. The monoisotopic (exact) mass is 337 g/mol. The lowest BCUT2D eigenvalue weighted by Gasteiger charge is -2.26. The van der Waals surface area contributed by atoms with Gasteiger partial charge in [0.15, 0.2) is 11.5 Å². The molecular weight excluding hydrogens is 306 g/mol. The standard InChI is InChI=1S/C19H31NO4/c1-4-22-17-15-19(24-6-3)18(23-5-2)14-16(17)8-7-9-20-10-12-21-13-11-20/h14-15H,4-13H2,1-3H3. The van der Waals surface area contributed by atoms with Gasteiger partial charge in [-0.3, -0.25) is 4.90 Å². The number of aryl methyl sites for hydroxylation is 1. The third-order valence-electron chi connectivity index (χ3n) is 4.05. The lowest BCUT2D eigenvalue weighted by molar-refractivity contribution is 0.0374. The summed E-state index contributed by atoms with van der Waals surface area (Å²) in [5.74, 6) is 2.48. The van der Waals surface area contributed by atoms with Crippen LogP contribution in [-0.4, -0.2) is 57.6 Å². The van der Waals surface area contributed by atoms with Crippen molar-refractivity contribution in [3.05, 3.63) is 17.7 Å². The Morgan fingerprint density at radius 3 is 2.08 bits per heavy atom. The van der Waals surface area contributed by atoms with E-state index in [1.165, 1.54) is 5.56 Å². The van der Waals surface area contributed by atoms with Gasteiger partial charge in [-0.15, -0.1) is 0 Å². The van der Waals surface area contributed by atoms with E-state index in [2.05, 4.69) is 11.0 Å². The van der Waals surface area contributed by atoms with Crippen LogP contribution >= 0.6 is 0 Å². The summed E-state index contributed by atoms with van der Waals surface area (Å²) in [6.45, 7) is 12.7. The van der Waals surface area contributed by atoms with E-state index in [4.69, 9.17) is 18.9 Å². The Bertz CT molecular complexity index is 487. The summed E-state index contributed by atoms with van der Waals surface area (Å²) in [6.07, 6.45) is 2.07. The molecule has 1 aliphatic heterocycles. The molecule has 1 saturated heterocycles. The van der Waals surface area contributed by atoms with Crippen molar-refractivity contribution in [3.8, 4) is 17.2 Å². The number of nitrogens with zero attached hydrogens (tertiary/aromatic N) is 1. The molecule has 0 N–H and O–H groups in total. The molecule has 2 rings (SSSR count). The van der Waals surface area contributed by atoms with Crippen LogP contribution in [0.15, 0.2) is 12.1 Å². The lowest BCUT2D eigenvalue weighted by atomic mass is 10.1. The first-order valence-electron chi connectivity index (χ1n) is 9.13. The van der Waals surface area contributed by atoms with E-state index in [1.54, 1.807) is 0 Å². The Kier molecular flexibility index (Phi) is 8.19. The van der Waals surface area contributed by atoms with Crippen LogP contribution in [0.25, 0.3) is 0 Å². The van der Waals surface area contributed by atoms with Crippen LogP contribution in [0.4, 0.5) is 0 Å². The summed E-state index contributed by atoms with van der Waals surface area (Å²) in [4.78, 5) is 2.46. The molecule has 5 nitrogen and oxygen atoms in total. The van der Waals surface area contributed by atoms with Crippen molar-refractivity contribution in [1.29, 1.82) is 0 Å². The Hall–Kier alpha value is -1.46. The van der Waals surface area contributed by atoms with Crippen LogP contribution in [0.5, 0.6) is 17.2 Å². The summed E-state index contributed by atoms with van der Waals surface area (Å²) in [5.41, 5.74) is 1.19. The van der Waals surface area contributed by atoms with E-state index in [0.29, 0.717) is 19.8 Å². The molecule has 1 aromatic rings. The zero-order chi connectivity index (χ0) is 17.2. The maximum Gasteiger partial charge on any atom is 0.164 e. The predicted octanol–water partition coefficient (Wildman–Crippen LogP) is 3.15. The molecule has 0 bridgehead atoms. The predicted molar refractivity (Wildman–Crippen MR) is 95.5 cm³/mol. The van der Waals surface area contributed by atoms with Gasteiger partial charge in [0.25, 0.3) is 0 Å². The van der Waals surface area contributed by atoms with Crippen LogP contribution in [0.1, 0.15) is 32.8 Å². The molecule has 0 spiro atoms. The van der Waals surface area contributed by atoms with Gasteiger partial charge < -0.3 is 18.9 Å². The Morgan fingerprint density at radius 2 is 1.46 bits per heavy atom. The van der Waals surface area contributed by atoms with E-state index in [0.717, 1.165) is 62.9 Å². The molecule has 0 aliphatic carbocycles. The van der Waals surface area contributed by atoms with Gasteiger partial charge in [-0.1, -0.05) is 0 Å². The Morgan fingerprint density at radius 1 is 0.875 bits per heavy atom. The smallest absolute Gasteiger partial charge is 0.164 e. The summed E-state index contributed by atoms with van der Waals surface area (Å²) in [5, 5.41) is 0. The molecular formula is C19H31NO4. The fourth-order valence-electron chi connectivity index (χ4n) is 2.92. The molecule has 1 aromatic carbocycles. The molecule has 0 unspecified atom stereocenters. The Balaban J connectivity index is 2.05. The number of ether oxygens (including phenoxy) is 4. The first-order valence-corrected chi connectivity index (χ1v) is 9.13. The van der Waals surface area contributed by atoms with E-state index >= 15 is 0 Å². The summed E-state index contributed by atoms with van der Waals surface area (Å²) >= 11 is 0. The summed E-state index contributed by atoms with van der Waals surface area (Å²) in [7, 11) is 0. The maximum absolute atomic E-state index is 5.83. The largest absolute Gasteiger partial charge is 0.493 e. The molecule has 1 fully saturated rings. The zero-order valence-electron chi connectivity index (χ0n) is 15.3. The van der Waals surface area contributed by atoms with Crippen LogP contribution < -0.4 is 14.2 Å². The number of hydrogen-bond donors (Lipinski definition) is 0. The summed E-state index contributed by atoms with van der Waals surface area (Å²) < 4.78 is 22.7. The second-order valence-corrected chi connectivity index (χ2v) is 5.76. The highest BCUT2D eigenvalue weighted by molar-refractivity contribution is 5.51. The second kappa shape index (κ2) is 10.4. The molecule has 0 atom stereocenters. The minimum atomic E-state index is 0.613. The average molecular weight is 337 g/mol. The highest BCUT2D eigenvalue weighted by Crippen LogP contribution is 2.36. The minimum Gasteiger partial charge on any atom is -0.493 e. The van der Waals surface area contributed by atoms with Crippen molar-refractivity contribution in [2.75, 3.05) is 52.7 Å². The van der Waals surface area contributed by atoms with Crippen molar-refractivity contribution >= 4 is 0 Å². The average Bonchev–Trinajstić information content (AvgIpc) is 2.60. The molecule has 24 heavy (non-hydrogen) atoms. The third-order valence-corrected chi connectivity index (χ3v) is 4.05. The van der Waals surface area contributed by atoms with E-state index in [9.17, 15) is 0 Å². The van der Waals surface area contributed by atoms with Crippen molar-refractivity contribution in [2.24, 2.45) is 0 Å². The Labute approximate surface area is 145 Å². The molecule has 0 amide bonds. The quantitative estimate of drug-likeness (QED) is 0.656. The van der Waals surface area contributed by atoms with E-state index in [1.807, 2.05) is 26.8 Å². The number of hydrogen-bond acceptors (Lipinski definition) is 5. The van der Waals surface area contributed by atoms with E-state index < -0.39 is 0 Å². The zero-order valence-corrected chi connectivity index (χ0v) is 15.3. The molecule has 0 saturated carbocycles. The van der Waals surface area contributed by atoms with Crippen LogP contribution in [0.3, 0.4) is 0 Å². The normalized spacial score (nSPS) is 15.3. The van der Waals surface area contributed by atoms with Gasteiger partial charge in [0.1, 0.15) is 5.75 Å². The number of morpholine rings is 1. The number of rotatable bonds is 10. The highest BCUT2D eigenvalue weighted by Gasteiger charge is 2.14. The first kappa shape index (κ1) is 18.9. The third kappa shape index (κ3) is 5.56. The van der Waals surface area contributed by atoms with Gasteiger partial charge in [-0.05, 0) is 51.8 Å². The maximum atomic E-state index is 5.83. The van der Waals surface area contributed by atoms with E-state index in [-0.39, 0.29) is 0 Å². The highest BCUT2D eigenvalue weighted by atomic mass is 16.5. The van der Waals surface area contributed by atoms with Crippen molar-refractivity contribution in [2.45, 2.75) is 33.6 Å².